The number of esters is 1. The van der Waals surface area contributed by atoms with Gasteiger partial charge in [-0.15, -0.1) is 28.5 Å². The number of fused-ring (bicyclic) bond motifs is 1. The van der Waals surface area contributed by atoms with E-state index in [0.717, 1.165) is 16.7 Å². The van der Waals surface area contributed by atoms with Gasteiger partial charge in [0.05, 0.1) is 5.38 Å². The fourth-order valence-corrected chi connectivity index (χ4v) is 7.99. The van der Waals surface area contributed by atoms with Gasteiger partial charge in [-0.25, -0.2) is 9.48 Å². The van der Waals surface area contributed by atoms with Crippen LogP contribution in [0.25, 0.3) is 0 Å². The molecule has 3 atom stereocenters. The number of rotatable bonds is 11. The third-order valence-corrected chi connectivity index (χ3v) is 11.3. The van der Waals surface area contributed by atoms with E-state index in [-0.39, 0.29) is 11.6 Å². The molecule has 2 aliphatic heterocycles. The number of nitrogens with zero attached hydrogens (tertiary/aromatic N) is 6. The maximum absolute atomic E-state index is 14.2. The zero-order chi connectivity index (χ0) is 32.3. The van der Waals surface area contributed by atoms with Crippen LogP contribution in [0.4, 0.5) is 0 Å². The molecule has 3 heterocycles. The molecule has 0 saturated carbocycles. The number of aliphatic imine (C=N–C) groups is 1. The number of amides is 1. The lowest BCUT2D eigenvalue weighted by Crippen LogP contribution is -2.64. The first kappa shape index (κ1) is 32.6. The fraction of sp³-hybridized carbons (Fsp3) is 0.250. The fourth-order valence-electron chi connectivity index (χ4n) is 5.10. The molecule has 0 spiro atoms. The Labute approximate surface area is 289 Å². The maximum atomic E-state index is 14.2. The van der Waals surface area contributed by atoms with E-state index >= 15 is 0 Å². The number of aromatic nitrogens is 4. The minimum Gasteiger partial charge on any atom is -0.448 e. The van der Waals surface area contributed by atoms with E-state index in [1.807, 2.05) is 91.0 Å². The first-order valence-corrected chi connectivity index (χ1v) is 17.4. The van der Waals surface area contributed by atoms with Gasteiger partial charge >= 0.3 is 5.97 Å². The molecule has 1 aromatic heterocycles. The molecular formula is C32H27Cl3N6O3S2. The highest BCUT2D eigenvalue weighted by atomic mass is 35.5. The van der Waals surface area contributed by atoms with Crippen LogP contribution < -0.4 is 0 Å². The van der Waals surface area contributed by atoms with Crippen molar-refractivity contribution in [3.63, 3.8) is 0 Å². The van der Waals surface area contributed by atoms with Crippen LogP contribution >= 0.6 is 58.3 Å². The van der Waals surface area contributed by atoms with E-state index in [1.54, 1.807) is 11.7 Å². The topological polar surface area (TPSA) is 103 Å². The van der Waals surface area contributed by atoms with Crippen molar-refractivity contribution in [1.82, 2.24) is 25.1 Å². The number of hydrogen-bond acceptors (Lipinski definition) is 9. The SMILES string of the molecule is Cn1nnnc1SCC1=C(C(=O)OC(c2ccccc2)c2ccccc2)N2C(=O)[C@@H](N=CC(Cl)(Cl)C(Cl)c3ccccc3)[C@@H]2SC1. The van der Waals surface area contributed by atoms with E-state index < -0.39 is 33.2 Å². The smallest absolute Gasteiger partial charge is 0.356 e. The molecule has 1 saturated heterocycles. The van der Waals surface area contributed by atoms with Gasteiger partial charge in [0.25, 0.3) is 5.91 Å². The Kier molecular flexibility index (Phi) is 10.0. The van der Waals surface area contributed by atoms with Crippen LogP contribution in [0, 0.1) is 0 Å². The van der Waals surface area contributed by atoms with Crippen LogP contribution in [0.1, 0.15) is 28.2 Å². The van der Waals surface area contributed by atoms with E-state index in [0.29, 0.717) is 22.2 Å². The second-order valence-electron chi connectivity index (χ2n) is 10.5. The minimum absolute atomic E-state index is 0.196. The molecule has 9 nitrogen and oxygen atoms in total. The van der Waals surface area contributed by atoms with Gasteiger partial charge in [0.1, 0.15) is 11.1 Å². The van der Waals surface area contributed by atoms with Gasteiger partial charge in [0, 0.05) is 24.8 Å². The number of carbonyl (C=O) groups is 2. The Balaban J connectivity index is 1.28. The standard InChI is InChI=1S/C32H27Cl3N6O3S2/c1-40-31(37-38-39-40)46-18-23-17-45-29-24(36-19-32(34,35)27(33)22-15-9-4-10-16-22)28(42)41(29)25(23)30(43)44-26(20-11-5-2-6-12-20)21-13-7-3-8-14-21/h2-16,19,24,26-27,29H,17-18H2,1H3/t24-,27?,29+/m1/s1. The summed E-state index contributed by atoms with van der Waals surface area (Å²) in [4.78, 5) is 33.8. The van der Waals surface area contributed by atoms with Crippen molar-refractivity contribution in [2.24, 2.45) is 12.0 Å². The average molecular weight is 714 g/mol. The number of ether oxygens (including phenoxy) is 1. The molecule has 2 aliphatic rings. The van der Waals surface area contributed by atoms with Crippen molar-refractivity contribution in [2.45, 2.75) is 32.4 Å². The van der Waals surface area contributed by atoms with Gasteiger partial charge in [-0.1, -0.05) is 126 Å². The first-order valence-electron chi connectivity index (χ1n) is 14.2. The zero-order valence-electron chi connectivity index (χ0n) is 24.3. The van der Waals surface area contributed by atoms with Gasteiger partial charge in [-0.05, 0) is 32.7 Å². The lowest BCUT2D eigenvalue weighted by Gasteiger charge is -2.48. The molecule has 6 rings (SSSR count). The average Bonchev–Trinajstić information content (AvgIpc) is 3.50. The normalized spacial score (nSPS) is 18.9. The van der Waals surface area contributed by atoms with Crippen molar-refractivity contribution in [2.75, 3.05) is 11.5 Å². The van der Waals surface area contributed by atoms with Crippen LogP contribution in [0.3, 0.4) is 0 Å². The highest BCUT2D eigenvalue weighted by Crippen LogP contribution is 2.45. The number of thioether (sulfide) groups is 2. The van der Waals surface area contributed by atoms with Gasteiger partial charge in [0.2, 0.25) is 5.16 Å². The number of halogens is 3. The summed E-state index contributed by atoms with van der Waals surface area (Å²) in [5.41, 5.74) is 3.25. The third kappa shape index (κ3) is 6.84. The molecule has 14 heteroatoms. The Hall–Kier alpha value is -3.35. The van der Waals surface area contributed by atoms with Crippen LogP contribution in [0.2, 0.25) is 0 Å². The summed E-state index contributed by atoms with van der Waals surface area (Å²) in [6.07, 6.45) is 0.625. The summed E-state index contributed by atoms with van der Waals surface area (Å²) in [6, 6.07) is 27.3. The summed E-state index contributed by atoms with van der Waals surface area (Å²) in [5, 5.41) is 10.9. The number of hydrogen-bond donors (Lipinski definition) is 0. The highest BCUT2D eigenvalue weighted by Gasteiger charge is 2.54. The van der Waals surface area contributed by atoms with Crippen molar-refractivity contribution < 1.29 is 14.3 Å². The lowest BCUT2D eigenvalue weighted by molar-refractivity contribution is -0.153. The molecule has 0 radical (unpaired) electrons. The number of aryl methyl sites for hydroxylation is 1. The molecule has 4 aromatic rings. The second kappa shape index (κ2) is 14.2. The molecular weight excluding hydrogens is 687 g/mol. The van der Waals surface area contributed by atoms with E-state index in [9.17, 15) is 9.59 Å². The summed E-state index contributed by atoms with van der Waals surface area (Å²) < 4.78 is 6.20. The largest absolute Gasteiger partial charge is 0.448 e. The van der Waals surface area contributed by atoms with Gasteiger partial charge < -0.3 is 4.74 Å². The highest BCUT2D eigenvalue weighted by molar-refractivity contribution is 8.01. The number of alkyl halides is 3. The van der Waals surface area contributed by atoms with Crippen LogP contribution in [0.5, 0.6) is 0 Å². The first-order chi connectivity index (χ1) is 22.2. The minimum atomic E-state index is -1.58. The summed E-state index contributed by atoms with van der Waals surface area (Å²) in [5.74, 6) is -0.150. The quantitative estimate of drug-likeness (QED) is 0.0579. The van der Waals surface area contributed by atoms with Crippen LogP contribution in [-0.2, 0) is 21.4 Å². The number of carbonyl (C=O) groups excluding carboxylic acids is 2. The summed E-state index contributed by atoms with van der Waals surface area (Å²) in [6.45, 7) is 0. The van der Waals surface area contributed by atoms with E-state index in [2.05, 4.69) is 20.5 Å². The Morgan fingerprint density at radius 3 is 2.20 bits per heavy atom. The molecule has 1 unspecified atom stereocenters. The lowest BCUT2D eigenvalue weighted by atomic mass is 10.0. The molecule has 0 bridgehead atoms. The van der Waals surface area contributed by atoms with Gasteiger partial charge in [-0.2, -0.15) is 0 Å². The third-order valence-electron chi connectivity index (χ3n) is 7.44. The molecule has 46 heavy (non-hydrogen) atoms. The Morgan fingerprint density at radius 1 is 1.04 bits per heavy atom. The molecule has 0 aliphatic carbocycles. The molecule has 1 fully saturated rings. The molecule has 1 amide bonds. The second-order valence-corrected chi connectivity index (χ2v) is 14.4. The van der Waals surface area contributed by atoms with Crippen molar-refractivity contribution >= 4 is 76.4 Å². The van der Waals surface area contributed by atoms with Crippen molar-refractivity contribution in [1.29, 1.82) is 0 Å². The zero-order valence-corrected chi connectivity index (χ0v) is 28.2. The molecule has 236 valence electrons. The number of benzene rings is 3. The van der Waals surface area contributed by atoms with Gasteiger partial charge in [0.15, 0.2) is 16.5 Å². The monoisotopic (exact) mass is 712 g/mol. The van der Waals surface area contributed by atoms with E-state index in [1.165, 1.54) is 34.6 Å². The number of β-lactam (4-membered cyclic amide) rings is 1. The molecule has 3 aromatic carbocycles. The maximum Gasteiger partial charge on any atom is 0.356 e. The van der Waals surface area contributed by atoms with Crippen molar-refractivity contribution in [3.8, 4) is 0 Å². The number of tetrazole rings is 1. The van der Waals surface area contributed by atoms with Crippen LogP contribution in [0.15, 0.2) is 112 Å². The summed E-state index contributed by atoms with van der Waals surface area (Å²) >= 11 is 22.7. The Morgan fingerprint density at radius 2 is 1.63 bits per heavy atom. The van der Waals surface area contributed by atoms with E-state index in [4.69, 9.17) is 39.5 Å². The summed E-state index contributed by atoms with van der Waals surface area (Å²) in [7, 11) is 1.74. The molecule has 0 N–H and O–H groups in total. The van der Waals surface area contributed by atoms with Crippen LogP contribution in [-0.4, -0.2) is 70.5 Å². The predicted octanol–water partition coefficient (Wildman–Crippen LogP) is 6.40. The van der Waals surface area contributed by atoms with Gasteiger partial charge in [-0.3, -0.25) is 14.7 Å². The predicted molar refractivity (Wildman–Crippen MR) is 182 cm³/mol. The Bertz CT molecular complexity index is 1720. The van der Waals surface area contributed by atoms with Crippen molar-refractivity contribution in [3.05, 3.63) is 119 Å².